The predicted octanol–water partition coefficient (Wildman–Crippen LogP) is 0.984. The minimum atomic E-state index is -3.47. The zero-order valence-electron chi connectivity index (χ0n) is 8.79. The fourth-order valence-electron chi connectivity index (χ4n) is 1.11. The number of thiophene rings is 1. The van der Waals surface area contributed by atoms with Crippen LogP contribution in [0.1, 0.15) is 12.0 Å². The third-order valence-electron chi connectivity index (χ3n) is 2.03. The Balaban J connectivity index is 2.58. The molecule has 1 heterocycles. The first-order valence-corrected chi connectivity index (χ1v) is 7.14. The maximum atomic E-state index is 11.6. The summed E-state index contributed by atoms with van der Waals surface area (Å²) in [4.78, 5) is 10.3. The molecule has 0 bridgehead atoms. The molecular weight excluding hydrogens is 250 g/mol. The van der Waals surface area contributed by atoms with Crippen LogP contribution < -0.4 is 0 Å². The second-order valence-corrected chi connectivity index (χ2v) is 6.32. The minimum absolute atomic E-state index is 0.283. The van der Waals surface area contributed by atoms with Crippen LogP contribution >= 0.6 is 11.3 Å². The Morgan fingerprint density at radius 2 is 2.25 bits per heavy atom. The van der Waals surface area contributed by atoms with E-state index in [1.165, 1.54) is 22.7 Å². The summed E-state index contributed by atoms with van der Waals surface area (Å²) in [6, 6.07) is 1.84. The number of hydrogen-bond donors (Lipinski definition) is 1. The topological polar surface area (TPSA) is 74.7 Å². The van der Waals surface area contributed by atoms with Gasteiger partial charge in [-0.05, 0) is 22.4 Å². The van der Waals surface area contributed by atoms with Crippen molar-refractivity contribution >= 4 is 27.3 Å². The van der Waals surface area contributed by atoms with Gasteiger partial charge in [0.2, 0.25) is 10.0 Å². The van der Waals surface area contributed by atoms with Gasteiger partial charge in [-0.2, -0.15) is 11.3 Å². The smallest absolute Gasteiger partial charge is 0.304 e. The van der Waals surface area contributed by atoms with E-state index >= 15 is 0 Å². The molecule has 1 rings (SSSR count). The van der Waals surface area contributed by atoms with Crippen LogP contribution in [0, 0.1) is 0 Å². The van der Waals surface area contributed by atoms with E-state index < -0.39 is 16.0 Å². The highest BCUT2D eigenvalue weighted by molar-refractivity contribution is 7.89. The van der Waals surface area contributed by atoms with Gasteiger partial charge in [-0.25, -0.2) is 12.7 Å². The summed E-state index contributed by atoms with van der Waals surface area (Å²) >= 11 is 1.49. The highest BCUT2D eigenvalue weighted by Crippen LogP contribution is 2.11. The molecule has 1 N–H and O–H groups in total. The maximum absolute atomic E-state index is 11.6. The van der Waals surface area contributed by atoms with Crippen molar-refractivity contribution in [3.8, 4) is 0 Å². The van der Waals surface area contributed by atoms with E-state index in [9.17, 15) is 13.2 Å². The van der Waals surface area contributed by atoms with E-state index in [1.807, 2.05) is 16.8 Å². The molecule has 16 heavy (non-hydrogen) atoms. The molecular formula is C9H13NO4S2. The van der Waals surface area contributed by atoms with Crippen LogP contribution in [0.2, 0.25) is 0 Å². The summed E-state index contributed by atoms with van der Waals surface area (Å²) in [6.45, 7) is 0.283. The lowest BCUT2D eigenvalue weighted by Crippen LogP contribution is -2.29. The Morgan fingerprint density at radius 1 is 1.56 bits per heavy atom. The van der Waals surface area contributed by atoms with Gasteiger partial charge >= 0.3 is 5.97 Å². The van der Waals surface area contributed by atoms with Gasteiger partial charge in [-0.15, -0.1) is 0 Å². The fraction of sp³-hybridized carbons (Fsp3) is 0.444. The highest BCUT2D eigenvalue weighted by Gasteiger charge is 2.19. The normalized spacial score (nSPS) is 11.9. The minimum Gasteiger partial charge on any atom is -0.481 e. The number of carboxylic acids is 1. The van der Waals surface area contributed by atoms with Gasteiger partial charge in [0, 0.05) is 13.6 Å². The van der Waals surface area contributed by atoms with Crippen LogP contribution in [-0.2, 0) is 21.4 Å². The Labute approximate surface area is 98.4 Å². The molecule has 0 atom stereocenters. The van der Waals surface area contributed by atoms with Gasteiger partial charge in [-0.1, -0.05) is 0 Å². The number of hydrogen-bond acceptors (Lipinski definition) is 4. The summed E-state index contributed by atoms with van der Waals surface area (Å²) < 4.78 is 24.4. The van der Waals surface area contributed by atoms with Gasteiger partial charge in [-0.3, -0.25) is 4.79 Å². The van der Waals surface area contributed by atoms with Crippen LogP contribution in [0.15, 0.2) is 16.8 Å². The lowest BCUT2D eigenvalue weighted by atomic mass is 10.3. The second-order valence-electron chi connectivity index (χ2n) is 3.35. The van der Waals surface area contributed by atoms with Crippen LogP contribution in [0.25, 0.3) is 0 Å². The molecule has 0 spiro atoms. The van der Waals surface area contributed by atoms with Crippen molar-refractivity contribution in [2.45, 2.75) is 13.0 Å². The zero-order chi connectivity index (χ0) is 12.2. The molecule has 7 heteroatoms. The van der Waals surface area contributed by atoms with E-state index in [4.69, 9.17) is 5.11 Å². The first kappa shape index (κ1) is 13.1. The quantitative estimate of drug-likeness (QED) is 0.830. The van der Waals surface area contributed by atoms with Crippen LogP contribution in [0.3, 0.4) is 0 Å². The van der Waals surface area contributed by atoms with E-state index in [2.05, 4.69) is 0 Å². The average Bonchev–Trinajstić information content (AvgIpc) is 2.67. The molecule has 0 fully saturated rings. The summed E-state index contributed by atoms with van der Waals surface area (Å²) in [7, 11) is -2.02. The molecule has 0 aromatic carbocycles. The number of sulfonamides is 1. The van der Waals surface area contributed by atoms with Gasteiger partial charge < -0.3 is 5.11 Å². The highest BCUT2D eigenvalue weighted by atomic mass is 32.2. The van der Waals surface area contributed by atoms with Crippen molar-refractivity contribution in [1.82, 2.24) is 4.31 Å². The van der Waals surface area contributed by atoms with Crippen LogP contribution in [0.4, 0.5) is 0 Å². The maximum Gasteiger partial charge on any atom is 0.304 e. The SMILES string of the molecule is CN(Cc1ccsc1)S(=O)(=O)CCC(=O)O. The van der Waals surface area contributed by atoms with E-state index in [1.54, 1.807) is 0 Å². The molecule has 0 saturated heterocycles. The Hall–Kier alpha value is -0.920. The first-order chi connectivity index (χ1) is 7.42. The van der Waals surface area contributed by atoms with Crippen molar-refractivity contribution in [3.05, 3.63) is 22.4 Å². The first-order valence-electron chi connectivity index (χ1n) is 4.58. The molecule has 0 aliphatic heterocycles. The molecule has 0 aliphatic rings. The zero-order valence-corrected chi connectivity index (χ0v) is 10.4. The fourth-order valence-corrected chi connectivity index (χ4v) is 2.86. The summed E-state index contributed by atoms with van der Waals surface area (Å²) in [5, 5.41) is 12.2. The summed E-state index contributed by atoms with van der Waals surface area (Å²) in [5.41, 5.74) is 0.909. The lowest BCUT2D eigenvalue weighted by Gasteiger charge is -2.15. The molecule has 0 radical (unpaired) electrons. The third kappa shape index (κ3) is 3.92. The van der Waals surface area contributed by atoms with Gasteiger partial charge in [0.15, 0.2) is 0 Å². The molecule has 0 unspecified atom stereocenters. The monoisotopic (exact) mass is 263 g/mol. The third-order valence-corrected chi connectivity index (χ3v) is 4.57. The largest absolute Gasteiger partial charge is 0.481 e. The predicted molar refractivity (Wildman–Crippen MR) is 61.8 cm³/mol. The molecule has 1 aromatic heterocycles. The number of carboxylic acid groups (broad SMARTS) is 1. The van der Waals surface area contributed by atoms with Crippen molar-refractivity contribution in [3.63, 3.8) is 0 Å². The second kappa shape index (κ2) is 5.42. The molecule has 0 saturated carbocycles. The summed E-state index contributed by atoms with van der Waals surface area (Å²) in [6.07, 6.45) is -0.365. The van der Waals surface area contributed by atoms with Crippen molar-refractivity contribution in [1.29, 1.82) is 0 Å². The van der Waals surface area contributed by atoms with Gasteiger partial charge in [0.1, 0.15) is 0 Å². The average molecular weight is 263 g/mol. The number of nitrogens with zero attached hydrogens (tertiary/aromatic N) is 1. The molecule has 5 nitrogen and oxygen atoms in total. The Morgan fingerprint density at radius 3 is 2.75 bits per heavy atom. The Kier molecular flexibility index (Phi) is 4.45. The van der Waals surface area contributed by atoms with Crippen molar-refractivity contribution < 1.29 is 18.3 Å². The number of rotatable bonds is 6. The van der Waals surface area contributed by atoms with Gasteiger partial charge in [0.05, 0.1) is 12.2 Å². The van der Waals surface area contributed by atoms with E-state index in [-0.39, 0.29) is 18.7 Å². The molecule has 90 valence electrons. The van der Waals surface area contributed by atoms with Crippen LogP contribution in [0.5, 0.6) is 0 Å². The lowest BCUT2D eigenvalue weighted by molar-refractivity contribution is -0.136. The summed E-state index contributed by atoms with van der Waals surface area (Å²) in [5.74, 6) is -1.46. The molecule has 0 aliphatic carbocycles. The van der Waals surface area contributed by atoms with Crippen molar-refractivity contribution in [2.75, 3.05) is 12.8 Å². The van der Waals surface area contributed by atoms with Crippen molar-refractivity contribution in [2.24, 2.45) is 0 Å². The van der Waals surface area contributed by atoms with Gasteiger partial charge in [0.25, 0.3) is 0 Å². The standard InChI is InChI=1S/C9H13NO4S2/c1-10(6-8-2-4-15-7-8)16(13,14)5-3-9(11)12/h2,4,7H,3,5-6H2,1H3,(H,11,12). The Bertz CT molecular complexity index is 438. The van der Waals surface area contributed by atoms with E-state index in [0.29, 0.717) is 0 Å². The number of aliphatic carboxylic acids is 1. The molecule has 0 amide bonds. The molecule has 1 aromatic rings. The van der Waals surface area contributed by atoms with Crippen LogP contribution in [-0.4, -0.2) is 36.6 Å². The van der Waals surface area contributed by atoms with E-state index in [0.717, 1.165) is 5.56 Å². The number of carbonyl (C=O) groups is 1.